The summed E-state index contributed by atoms with van der Waals surface area (Å²) < 4.78 is 6.75. The van der Waals surface area contributed by atoms with Gasteiger partial charge in [0.15, 0.2) is 0 Å². The second-order valence-corrected chi connectivity index (χ2v) is 4.87. The van der Waals surface area contributed by atoms with Crippen LogP contribution >= 0.6 is 27.7 Å². The van der Waals surface area contributed by atoms with Gasteiger partial charge in [-0.15, -0.1) is 11.8 Å². The van der Waals surface area contributed by atoms with Crippen molar-refractivity contribution in [3.8, 4) is 5.75 Å². The van der Waals surface area contributed by atoms with Crippen molar-refractivity contribution < 1.29 is 4.74 Å². The maximum atomic E-state index is 5.67. The lowest BCUT2D eigenvalue weighted by atomic mass is 10.2. The van der Waals surface area contributed by atoms with Crippen molar-refractivity contribution in [1.29, 1.82) is 0 Å². The highest BCUT2D eigenvalue weighted by Crippen LogP contribution is 2.33. The molecule has 0 fully saturated rings. The number of nitrogens with one attached hydrogen (secondary N) is 1. The lowest BCUT2D eigenvalue weighted by Crippen LogP contribution is -2.16. The van der Waals surface area contributed by atoms with Crippen molar-refractivity contribution >= 4 is 27.7 Å². The summed E-state index contributed by atoms with van der Waals surface area (Å²) in [6, 6.07) is 4.18. The van der Waals surface area contributed by atoms with E-state index in [4.69, 9.17) is 4.74 Å². The average molecular weight is 274 g/mol. The monoisotopic (exact) mass is 273 g/mol. The molecule has 1 N–H and O–H groups in total. The number of halogens is 1. The van der Waals surface area contributed by atoms with Crippen LogP contribution in [-0.2, 0) is 6.54 Å². The van der Waals surface area contributed by atoms with Gasteiger partial charge < -0.3 is 10.1 Å². The van der Waals surface area contributed by atoms with E-state index in [1.807, 2.05) is 6.07 Å². The second-order valence-electron chi connectivity index (χ2n) is 3.11. The van der Waals surface area contributed by atoms with E-state index < -0.39 is 0 Å². The molecule has 0 saturated heterocycles. The number of ether oxygens (including phenoxy) is 1. The molecule has 1 aliphatic heterocycles. The molecular formula is C10H12BrNOS. The topological polar surface area (TPSA) is 21.3 Å². The Morgan fingerprint density at radius 3 is 3.14 bits per heavy atom. The SMILES string of the molecule is CSc1cc(Br)cc2c1CNCCO2. The smallest absolute Gasteiger partial charge is 0.126 e. The molecule has 0 amide bonds. The molecule has 14 heavy (non-hydrogen) atoms. The van der Waals surface area contributed by atoms with E-state index in [9.17, 15) is 0 Å². The summed E-state index contributed by atoms with van der Waals surface area (Å²) >= 11 is 5.25. The van der Waals surface area contributed by atoms with Crippen LogP contribution in [0.1, 0.15) is 5.56 Å². The van der Waals surface area contributed by atoms with Gasteiger partial charge in [-0.25, -0.2) is 0 Å². The van der Waals surface area contributed by atoms with E-state index >= 15 is 0 Å². The molecule has 0 aromatic heterocycles. The molecule has 1 aliphatic rings. The molecule has 0 saturated carbocycles. The van der Waals surface area contributed by atoms with Gasteiger partial charge in [0.25, 0.3) is 0 Å². The molecule has 2 rings (SSSR count). The summed E-state index contributed by atoms with van der Waals surface area (Å²) in [6.07, 6.45) is 2.09. The van der Waals surface area contributed by atoms with Crippen molar-refractivity contribution in [3.63, 3.8) is 0 Å². The van der Waals surface area contributed by atoms with Crippen LogP contribution in [0.15, 0.2) is 21.5 Å². The molecule has 0 atom stereocenters. The van der Waals surface area contributed by atoms with E-state index in [0.717, 1.165) is 29.9 Å². The first-order chi connectivity index (χ1) is 6.81. The third-order valence-electron chi connectivity index (χ3n) is 2.19. The van der Waals surface area contributed by atoms with Gasteiger partial charge in [-0.1, -0.05) is 15.9 Å². The van der Waals surface area contributed by atoms with Crippen LogP contribution in [-0.4, -0.2) is 19.4 Å². The molecule has 1 aromatic rings. The van der Waals surface area contributed by atoms with Crippen LogP contribution in [0.25, 0.3) is 0 Å². The molecule has 76 valence electrons. The van der Waals surface area contributed by atoms with E-state index in [1.165, 1.54) is 10.5 Å². The van der Waals surface area contributed by atoms with E-state index in [0.29, 0.717) is 0 Å². The van der Waals surface area contributed by atoms with E-state index in [-0.39, 0.29) is 0 Å². The van der Waals surface area contributed by atoms with E-state index in [2.05, 4.69) is 33.6 Å². The number of fused-ring (bicyclic) bond motifs is 1. The second kappa shape index (κ2) is 4.55. The zero-order chi connectivity index (χ0) is 9.97. The summed E-state index contributed by atoms with van der Waals surface area (Å²) in [4.78, 5) is 1.28. The van der Waals surface area contributed by atoms with Crippen LogP contribution in [0.2, 0.25) is 0 Å². The first kappa shape index (κ1) is 10.3. The van der Waals surface area contributed by atoms with Crippen LogP contribution in [0.4, 0.5) is 0 Å². The fourth-order valence-corrected chi connectivity index (χ4v) is 2.77. The molecule has 4 heteroatoms. The largest absolute Gasteiger partial charge is 0.492 e. The third-order valence-corrected chi connectivity index (χ3v) is 3.45. The number of rotatable bonds is 1. The summed E-state index contributed by atoms with van der Waals surface area (Å²) in [7, 11) is 0. The highest BCUT2D eigenvalue weighted by molar-refractivity contribution is 9.10. The molecule has 1 heterocycles. The predicted molar refractivity (Wildman–Crippen MR) is 63.1 cm³/mol. The first-order valence-electron chi connectivity index (χ1n) is 4.51. The van der Waals surface area contributed by atoms with E-state index in [1.54, 1.807) is 11.8 Å². The molecule has 2 nitrogen and oxygen atoms in total. The molecule has 0 spiro atoms. The average Bonchev–Trinajstić information content (AvgIpc) is 2.41. The van der Waals surface area contributed by atoms with Gasteiger partial charge in [0.2, 0.25) is 0 Å². The van der Waals surface area contributed by atoms with Gasteiger partial charge in [-0.05, 0) is 18.4 Å². The predicted octanol–water partition coefficient (Wildman–Crippen LogP) is 2.65. The number of thioether (sulfide) groups is 1. The maximum Gasteiger partial charge on any atom is 0.126 e. The Balaban J connectivity index is 2.46. The molecule has 0 bridgehead atoms. The van der Waals surface area contributed by atoms with Crippen LogP contribution in [0.3, 0.4) is 0 Å². The highest BCUT2D eigenvalue weighted by Gasteiger charge is 2.13. The van der Waals surface area contributed by atoms with Gasteiger partial charge in [0, 0.05) is 28.0 Å². The third kappa shape index (κ3) is 2.07. The Hall–Kier alpha value is -0.190. The normalized spacial score (nSPS) is 15.6. The van der Waals surface area contributed by atoms with Crippen LogP contribution in [0.5, 0.6) is 5.75 Å². The fourth-order valence-electron chi connectivity index (χ4n) is 1.52. The Morgan fingerprint density at radius 2 is 2.36 bits per heavy atom. The molecular weight excluding hydrogens is 262 g/mol. The van der Waals surface area contributed by atoms with Crippen molar-refractivity contribution in [1.82, 2.24) is 5.32 Å². The van der Waals surface area contributed by atoms with Crippen molar-refractivity contribution in [2.24, 2.45) is 0 Å². The Labute approximate surface area is 96.5 Å². The van der Waals surface area contributed by atoms with Gasteiger partial charge in [0.05, 0.1) is 0 Å². The minimum absolute atomic E-state index is 0.747. The Morgan fingerprint density at radius 1 is 1.50 bits per heavy atom. The molecule has 0 radical (unpaired) electrons. The Kier molecular flexibility index (Phi) is 3.36. The fraction of sp³-hybridized carbons (Fsp3) is 0.400. The highest BCUT2D eigenvalue weighted by atomic mass is 79.9. The lowest BCUT2D eigenvalue weighted by molar-refractivity contribution is 0.325. The minimum atomic E-state index is 0.747. The number of hydrogen-bond donors (Lipinski definition) is 1. The molecule has 0 aliphatic carbocycles. The maximum absolute atomic E-state index is 5.67. The van der Waals surface area contributed by atoms with Gasteiger partial charge in [-0.2, -0.15) is 0 Å². The summed E-state index contributed by atoms with van der Waals surface area (Å²) in [5.41, 5.74) is 1.28. The number of benzene rings is 1. The van der Waals surface area contributed by atoms with Gasteiger partial charge >= 0.3 is 0 Å². The Bertz CT molecular complexity index is 343. The lowest BCUT2D eigenvalue weighted by Gasteiger charge is -2.11. The minimum Gasteiger partial charge on any atom is -0.492 e. The summed E-state index contributed by atoms with van der Waals surface area (Å²) in [5.74, 6) is 1.01. The summed E-state index contributed by atoms with van der Waals surface area (Å²) in [5, 5.41) is 3.34. The van der Waals surface area contributed by atoms with Crippen molar-refractivity contribution in [2.75, 3.05) is 19.4 Å². The standard InChI is InChI=1S/C10H12BrNOS/c1-14-10-5-7(11)4-9-8(10)6-12-2-3-13-9/h4-5,12H,2-3,6H2,1H3. The molecule has 1 aromatic carbocycles. The van der Waals surface area contributed by atoms with Crippen LogP contribution in [0, 0.1) is 0 Å². The van der Waals surface area contributed by atoms with Gasteiger partial charge in [-0.3, -0.25) is 0 Å². The summed E-state index contributed by atoms with van der Waals surface area (Å²) in [6.45, 7) is 2.57. The zero-order valence-electron chi connectivity index (χ0n) is 7.97. The van der Waals surface area contributed by atoms with Crippen molar-refractivity contribution in [3.05, 3.63) is 22.2 Å². The molecule has 0 unspecified atom stereocenters. The van der Waals surface area contributed by atoms with Gasteiger partial charge in [0.1, 0.15) is 12.4 Å². The van der Waals surface area contributed by atoms with Crippen molar-refractivity contribution in [2.45, 2.75) is 11.4 Å². The first-order valence-corrected chi connectivity index (χ1v) is 6.53. The van der Waals surface area contributed by atoms with Crippen LogP contribution < -0.4 is 10.1 Å². The number of hydrogen-bond acceptors (Lipinski definition) is 3. The quantitative estimate of drug-likeness (QED) is 0.795. The zero-order valence-corrected chi connectivity index (χ0v) is 10.4.